The molecule has 18 heavy (non-hydrogen) atoms. The highest BCUT2D eigenvalue weighted by Crippen LogP contribution is 2.03. The summed E-state index contributed by atoms with van der Waals surface area (Å²) in [7, 11) is 1.60. The van der Waals surface area contributed by atoms with E-state index in [0.29, 0.717) is 26.4 Å². The van der Waals surface area contributed by atoms with Crippen LogP contribution in [0.4, 0.5) is 4.39 Å². The van der Waals surface area contributed by atoms with Crippen LogP contribution >= 0.6 is 0 Å². The summed E-state index contributed by atoms with van der Waals surface area (Å²) in [6, 6.07) is 5.89. The lowest BCUT2D eigenvalue weighted by Gasteiger charge is -2.06. The van der Waals surface area contributed by atoms with Crippen molar-refractivity contribution in [3.63, 3.8) is 0 Å². The van der Waals surface area contributed by atoms with Gasteiger partial charge in [-0.25, -0.2) is 4.39 Å². The molecule has 0 spiro atoms. The third-order valence-corrected chi connectivity index (χ3v) is 2.28. The summed E-state index contributed by atoms with van der Waals surface area (Å²) < 4.78 is 22.7. The van der Waals surface area contributed by atoms with Crippen molar-refractivity contribution in [1.82, 2.24) is 5.32 Å². The van der Waals surface area contributed by atoms with Crippen LogP contribution in [-0.2, 0) is 20.7 Å². The molecule has 1 rings (SSSR count). The fraction of sp³-hybridized carbons (Fsp3) is 0.462. The molecule has 0 aliphatic carbocycles. The molecule has 1 aromatic carbocycles. The zero-order chi connectivity index (χ0) is 13.2. The number of ether oxygens (including phenoxy) is 2. The van der Waals surface area contributed by atoms with Crippen LogP contribution in [0.3, 0.4) is 0 Å². The van der Waals surface area contributed by atoms with Gasteiger partial charge >= 0.3 is 0 Å². The van der Waals surface area contributed by atoms with Gasteiger partial charge in [0.15, 0.2) is 0 Å². The lowest BCUT2D eigenvalue weighted by Crippen LogP contribution is -2.28. The molecule has 5 heteroatoms. The first kappa shape index (κ1) is 14.6. The molecule has 0 heterocycles. The Morgan fingerprint density at radius 2 is 1.94 bits per heavy atom. The van der Waals surface area contributed by atoms with E-state index >= 15 is 0 Å². The van der Waals surface area contributed by atoms with Crippen molar-refractivity contribution in [3.05, 3.63) is 35.6 Å². The van der Waals surface area contributed by atoms with E-state index in [9.17, 15) is 9.18 Å². The zero-order valence-corrected chi connectivity index (χ0v) is 10.4. The number of amides is 1. The minimum Gasteiger partial charge on any atom is -0.382 e. The second-order valence-corrected chi connectivity index (χ2v) is 3.76. The van der Waals surface area contributed by atoms with Gasteiger partial charge in [-0.15, -0.1) is 0 Å². The van der Waals surface area contributed by atoms with Gasteiger partial charge in [-0.05, 0) is 17.7 Å². The van der Waals surface area contributed by atoms with Gasteiger partial charge in [0, 0.05) is 13.7 Å². The molecule has 100 valence electrons. The molecule has 1 aromatic rings. The third-order valence-electron chi connectivity index (χ3n) is 2.28. The number of methoxy groups -OCH3 is 1. The van der Waals surface area contributed by atoms with Crippen molar-refractivity contribution >= 4 is 5.91 Å². The Bertz CT molecular complexity index is 354. The Balaban J connectivity index is 2.12. The number of hydrogen-bond donors (Lipinski definition) is 1. The average Bonchev–Trinajstić information content (AvgIpc) is 2.36. The number of benzene rings is 1. The van der Waals surface area contributed by atoms with Gasteiger partial charge in [0.05, 0.1) is 26.2 Å². The molecule has 0 fully saturated rings. The fourth-order valence-corrected chi connectivity index (χ4v) is 1.36. The van der Waals surface area contributed by atoms with E-state index in [2.05, 4.69) is 5.32 Å². The molecule has 0 aromatic heterocycles. The average molecular weight is 255 g/mol. The normalized spacial score (nSPS) is 10.3. The SMILES string of the molecule is COCCOCCNC(=O)Cc1ccc(F)cc1. The first-order valence-corrected chi connectivity index (χ1v) is 5.80. The first-order valence-electron chi connectivity index (χ1n) is 5.80. The summed E-state index contributed by atoms with van der Waals surface area (Å²) in [5.41, 5.74) is 0.786. The van der Waals surface area contributed by atoms with Crippen molar-refractivity contribution in [2.45, 2.75) is 6.42 Å². The van der Waals surface area contributed by atoms with Crippen LogP contribution in [0, 0.1) is 5.82 Å². The van der Waals surface area contributed by atoms with Gasteiger partial charge in [-0.3, -0.25) is 4.79 Å². The quantitative estimate of drug-likeness (QED) is 0.709. The number of hydrogen-bond acceptors (Lipinski definition) is 3. The van der Waals surface area contributed by atoms with E-state index in [1.165, 1.54) is 12.1 Å². The number of halogens is 1. The van der Waals surface area contributed by atoms with E-state index in [-0.39, 0.29) is 18.1 Å². The largest absolute Gasteiger partial charge is 0.382 e. The molecule has 0 saturated carbocycles. The maximum atomic E-state index is 12.6. The van der Waals surface area contributed by atoms with Crippen LogP contribution in [-0.4, -0.2) is 39.4 Å². The Morgan fingerprint density at radius 1 is 1.22 bits per heavy atom. The minimum absolute atomic E-state index is 0.100. The van der Waals surface area contributed by atoms with Gasteiger partial charge in [0.1, 0.15) is 5.82 Å². The number of carbonyl (C=O) groups excluding carboxylic acids is 1. The number of nitrogens with one attached hydrogen (secondary N) is 1. The second kappa shape index (κ2) is 8.60. The van der Waals surface area contributed by atoms with Gasteiger partial charge < -0.3 is 14.8 Å². The monoisotopic (exact) mass is 255 g/mol. The lowest BCUT2D eigenvalue weighted by molar-refractivity contribution is -0.120. The molecule has 0 bridgehead atoms. The third kappa shape index (κ3) is 6.32. The first-order chi connectivity index (χ1) is 8.72. The summed E-state index contributed by atoms with van der Waals surface area (Å²) >= 11 is 0. The summed E-state index contributed by atoms with van der Waals surface area (Å²) in [6.07, 6.45) is 0.248. The predicted molar refractivity (Wildman–Crippen MR) is 65.8 cm³/mol. The van der Waals surface area contributed by atoms with Gasteiger partial charge in [0.25, 0.3) is 0 Å². The molecule has 1 amide bonds. The van der Waals surface area contributed by atoms with E-state index in [0.717, 1.165) is 5.56 Å². The Kier molecular flexibility index (Phi) is 6.98. The molecule has 4 nitrogen and oxygen atoms in total. The molecule has 0 unspecified atom stereocenters. The molecule has 0 atom stereocenters. The van der Waals surface area contributed by atoms with Gasteiger partial charge in [0.2, 0.25) is 5.91 Å². The van der Waals surface area contributed by atoms with Crippen LogP contribution in [0.25, 0.3) is 0 Å². The van der Waals surface area contributed by atoms with Gasteiger partial charge in [-0.1, -0.05) is 12.1 Å². The summed E-state index contributed by atoms with van der Waals surface area (Å²) in [5, 5.41) is 2.72. The topological polar surface area (TPSA) is 47.6 Å². The second-order valence-electron chi connectivity index (χ2n) is 3.76. The molecule has 0 saturated heterocycles. The van der Waals surface area contributed by atoms with Gasteiger partial charge in [-0.2, -0.15) is 0 Å². The summed E-state index contributed by atoms with van der Waals surface area (Å²) in [5.74, 6) is -0.400. The highest BCUT2D eigenvalue weighted by atomic mass is 19.1. The minimum atomic E-state index is -0.300. The standard InChI is InChI=1S/C13H18FNO3/c1-17-8-9-18-7-6-15-13(16)10-11-2-4-12(14)5-3-11/h2-5H,6-10H2,1H3,(H,15,16). The van der Waals surface area contributed by atoms with Crippen molar-refractivity contribution < 1.29 is 18.7 Å². The van der Waals surface area contributed by atoms with Crippen molar-refractivity contribution in [1.29, 1.82) is 0 Å². The van der Waals surface area contributed by atoms with Crippen LogP contribution in [0.5, 0.6) is 0 Å². The maximum absolute atomic E-state index is 12.6. The molecule has 0 radical (unpaired) electrons. The fourth-order valence-electron chi connectivity index (χ4n) is 1.36. The zero-order valence-electron chi connectivity index (χ0n) is 10.4. The molecular formula is C13H18FNO3. The van der Waals surface area contributed by atoms with Crippen molar-refractivity contribution in [3.8, 4) is 0 Å². The van der Waals surface area contributed by atoms with Crippen molar-refractivity contribution in [2.24, 2.45) is 0 Å². The van der Waals surface area contributed by atoms with E-state index in [1.807, 2.05) is 0 Å². The number of carbonyl (C=O) groups is 1. The molecule has 1 N–H and O–H groups in total. The smallest absolute Gasteiger partial charge is 0.224 e. The maximum Gasteiger partial charge on any atom is 0.224 e. The molecular weight excluding hydrogens is 237 g/mol. The van der Waals surface area contributed by atoms with E-state index in [1.54, 1.807) is 19.2 Å². The van der Waals surface area contributed by atoms with Crippen LogP contribution in [0.1, 0.15) is 5.56 Å². The highest BCUT2D eigenvalue weighted by molar-refractivity contribution is 5.78. The Morgan fingerprint density at radius 3 is 2.61 bits per heavy atom. The van der Waals surface area contributed by atoms with E-state index in [4.69, 9.17) is 9.47 Å². The summed E-state index contributed by atoms with van der Waals surface area (Å²) in [4.78, 5) is 11.5. The van der Waals surface area contributed by atoms with Crippen LogP contribution < -0.4 is 5.32 Å². The predicted octanol–water partition coefficient (Wildman–Crippen LogP) is 1.15. The number of rotatable bonds is 8. The van der Waals surface area contributed by atoms with E-state index < -0.39 is 0 Å². The highest BCUT2D eigenvalue weighted by Gasteiger charge is 2.02. The molecule has 0 aliphatic rings. The molecule has 0 aliphatic heterocycles. The Hall–Kier alpha value is -1.46. The Labute approximate surface area is 106 Å². The van der Waals surface area contributed by atoms with Crippen LogP contribution in [0.2, 0.25) is 0 Å². The van der Waals surface area contributed by atoms with Crippen molar-refractivity contribution in [2.75, 3.05) is 33.5 Å². The lowest BCUT2D eigenvalue weighted by atomic mass is 10.1. The summed E-state index contributed by atoms with van der Waals surface area (Å²) in [6.45, 7) is 1.98. The van der Waals surface area contributed by atoms with Crippen LogP contribution in [0.15, 0.2) is 24.3 Å².